The van der Waals surface area contributed by atoms with E-state index < -0.39 is 0 Å². The summed E-state index contributed by atoms with van der Waals surface area (Å²) in [6.45, 7) is 4.12. The normalized spacial score (nSPS) is 13.9. The Morgan fingerprint density at radius 1 is 1.33 bits per heavy atom. The number of hydrogen-bond donors (Lipinski definition) is 2. The van der Waals surface area contributed by atoms with Gasteiger partial charge in [0.05, 0.1) is 6.04 Å². The van der Waals surface area contributed by atoms with Gasteiger partial charge >= 0.3 is 0 Å². The second kappa shape index (κ2) is 7.88. The van der Waals surface area contributed by atoms with Crippen molar-refractivity contribution in [1.82, 2.24) is 5.32 Å². The molecule has 1 aromatic carbocycles. The lowest BCUT2D eigenvalue weighted by Crippen LogP contribution is -2.29. The number of rotatable bonds is 7. The van der Waals surface area contributed by atoms with Crippen LogP contribution in [0.3, 0.4) is 0 Å². The van der Waals surface area contributed by atoms with Crippen LogP contribution in [0.25, 0.3) is 0 Å². The zero-order chi connectivity index (χ0) is 13.4. The van der Waals surface area contributed by atoms with Gasteiger partial charge in [-0.1, -0.05) is 43.7 Å². The number of carbonyl (C=O) groups excluding carboxylic acids is 1. The molecule has 0 bridgehead atoms. The highest BCUT2D eigenvalue weighted by Crippen LogP contribution is 2.14. The molecule has 3 heteroatoms. The van der Waals surface area contributed by atoms with Crippen molar-refractivity contribution in [2.75, 3.05) is 6.61 Å². The van der Waals surface area contributed by atoms with Crippen molar-refractivity contribution in [1.29, 1.82) is 0 Å². The monoisotopic (exact) mass is 249 g/mol. The molecule has 0 heterocycles. The Labute approximate surface area is 109 Å². The van der Waals surface area contributed by atoms with Crippen LogP contribution in [0.1, 0.15) is 44.7 Å². The number of nitrogens with one attached hydrogen (secondary N) is 1. The second-order valence-electron chi connectivity index (χ2n) is 4.74. The average Bonchev–Trinajstić information content (AvgIpc) is 2.39. The first-order valence-corrected chi connectivity index (χ1v) is 6.62. The molecule has 0 aliphatic rings. The van der Waals surface area contributed by atoms with E-state index in [1.807, 2.05) is 37.3 Å². The summed E-state index contributed by atoms with van der Waals surface area (Å²) in [4.78, 5) is 11.8. The molecule has 18 heavy (non-hydrogen) atoms. The molecular weight excluding hydrogens is 226 g/mol. The highest BCUT2D eigenvalue weighted by molar-refractivity contribution is 5.76. The number of aliphatic hydroxyl groups is 1. The molecule has 3 nitrogen and oxygen atoms in total. The third kappa shape index (κ3) is 4.88. The van der Waals surface area contributed by atoms with Gasteiger partial charge in [-0.05, 0) is 24.8 Å². The van der Waals surface area contributed by atoms with Crippen LogP contribution >= 0.6 is 0 Å². The van der Waals surface area contributed by atoms with Crippen LogP contribution in [0.2, 0.25) is 0 Å². The van der Waals surface area contributed by atoms with Crippen LogP contribution in [0.15, 0.2) is 30.3 Å². The minimum absolute atomic E-state index is 0.0128. The molecule has 2 N–H and O–H groups in total. The van der Waals surface area contributed by atoms with Crippen molar-refractivity contribution in [2.24, 2.45) is 5.92 Å². The van der Waals surface area contributed by atoms with Gasteiger partial charge in [0.2, 0.25) is 5.91 Å². The molecule has 100 valence electrons. The molecular formula is C15H23NO2. The van der Waals surface area contributed by atoms with Gasteiger partial charge in [-0.3, -0.25) is 4.79 Å². The van der Waals surface area contributed by atoms with E-state index in [0.29, 0.717) is 6.42 Å². The van der Waals surface area contributed by atoms with Crippen molar-refractivity contribution in [3.8, 4) is 0 Å². The minimum atomic E-state index is 0.0128. The van der Waals surface area contributed by atoms with Crippen LogP contribution in [0, 0.1) is 5.92 Å². The van der Waals surface area contributed by atoms with Crippen LogP contribution in [-0.2, 0) is 4.79 Å². The first kappa shape index (κ1) is 14.7. The van der Waals surface area contributed by atoms with E-state index in [1.165, 1.54) is 0 Å². The van der Waals surface area contributed by atoms with Crippen molar-refractivity contribution in [3.05, 3.63) is 35.9 Å². The Hall–Kier alpha value is -1.35. The van der Waals surface area contributed by atoms with E-state index in [9.17, 15) is 9.90 Å². The SMILES string of the molecule is CCC[C@H](CO)CC(=O)N[C@@H](C)c1ccccc1. The molecule has 0 spiro atoms. The lowest BCUT2D eigenvalue weighted by Gasteiger charge is -2.17. The summed E-state index contributed by atoms with van der Waals surface area (Å²) in [5.74, 6) is 0.0943. The zero-order valence-electron chi connectivity index (χ0n) is 11.2. The smallest absolute Gasteiger partial charge is 0.220 e. The van der Waals surface area contributed by atoms with Crippen molar-refractivity contribution < 1.29 is 9.90 Å². The summed E-state index contributed by atoms with van der Waals surface area (Å²) in [5.41, 5.74) is 1.10. The summed E-state index contributed by atoms with van der Waals surface area (Å²) < 4.78 is 0. The largest absolute Gasteiger partial charge is 0.396 e. The fourth-order valence-corrected chi connectivity index (χ4v) is 2.05. The van der Waals surface area contributed by atoms with Gasteiger partial charge in [-0.25, -0.2) is 0 Å². The molecule has 1 amide bonds. The van der Waals surface area contributed by atoms with Gasteiger partial charge in [0.15, 0.2) is 0 Å². The van der Waals surface area contributed by atoms with Gasteiger partial charge in [-0.15, -0.1) is 0 Å². The maximum absolute atomic E-state index is 11.8. The number of aliphatic hydroxyl groups excluding tert-OH is 1. The molecule has 0 radical (unpaired) electrons. The Balaban J connectivity index is 2.44. The summed E-state index contributed by atoms with van der Waals surface area (Å²) >= 11 is 0. The van der Waals surface area contributed by atoms with Gasteiger partial charge in [0, 0.05) is 13.0 Å². The van der Waals surface area contributed by atoms with Crippen molar-refractivity contribution >= 4 is 5.91 Å². The molecule has 0 aliphatic heterocycles. The molecule has 0 saturated heterocycles. The predicted molar refractivity (Wildman–Crippen MR) is 73.1 cm³/mol. The zero-order valence-corrected chi connectivity index (χ0v) is 11.2. The minimum Gasteiger partial charge on any atom is -0.396 e. The van der Waals surface area contributed by atoms with Gasteiger partial charge in [0.25, 0.3) is 0 Å². The number of carbonyl (C=O) groups is 1. The van der Waals surface area contributed by atoms with Gasteiger partial charge in [0.1, 0.15) is 0 Å². The van der Waals surface area contributed by atoms with Crippen molar-refractivity contribution in [2.45, 2.75) is 39.2 Å². The van der Waals surface area contributed by atoms with Crippen LogP contribution in [-0.4, -0.2) is 17.6 Å². The topological polar surface area (TPSA) is 49.3 Å². The molecule has 1 rings (SSSR count). The maximum Gasteiger partial charge on any atom is 0.220 e. The van der Waals surface area contributed by atoms with Crippen LogP contribution < -0.4 is 5.32 Å². The summed E-state index contributed by atoms with van der Waals surface area (Å²) in [5, 5.41) is 12.1. The Morgan fingerprint density at radius 3 is 2.56 bits per heavy atom. The summed E-state index contributed by atoms with van der Waals surface area (Å²) in [7, 11) is 0. The quantitative estimate of drug-likeness (QED) is 0.780. The molecule has 1 aromatic rings. The third-order valence-electron chi connectivity index (χ3n) is 3.11. The van der Waals surface area contributed by atoms with Gasteiger partial charge < -0.3 is 10.4 Å². The molecule has 0 unspecified atom stereocenters. The summed E-state index contributed by atoms with van der Waals surface area (Å²) in [6.07, 6.45) is 2.29. The molecule has 0 aromatic heterocycles. The average molecular weight is 249 g/mol. The number of amides is 1. The molecule has 0 aliphatic carbocycles. The fourth-order valence-electron chi connectivity index (χ4n) is 2.05. The Morgan fingerprint density at radius 2 is 2.00 bits per heavy atom. The molecule has 2 atom stereocenters. The first-order chi connectivity index (χ1) is 8.67. The first-order valence-electron chi connectivity index (χ1n) is 6.62. The molecule has 0 saturated carbocycles. The van der Waals surface area contributed by atoms with Crippen molar-refractivity contribution in [3.63, 3.8) is 0 Å². The number of benzene rings is 1. The second-order valence-corrected chi connectivity index (χ2v) is 4.74. The van der Waals surface area contributed by atoms with E-state index in [1.54, 1.807) is 0 Å². The Kier molecular flexibility index (Phi) is 6.44. The van der Waals surface area contributed by atoms with Crippen LogP contribution in [0.5, 0.6) is 0 Å². The fraction of sp³-hybridized carbons (Fsp3) is 0.533. The standard InChI is InChI=1S/C15H23NO2/c1-3-7-13(11-17)10-15(18)16-12(2)14-8-5-4-6-9-14/h4-6,8-9,12-13,17H,3,7,10-11H2,1-2H3,(H,16,18)/t12-,13-/m0/s1. The maximum atomic E-state index is 11.8. The third-order valence-corrected chi connectivity index (χ3v) is 3.11. The van der Waals surface area contributed by atoms with Crippen LogP contribution in [0.4, 0.5) is 0 Å². The molecule has 0 fully saturated rings. The lowest BCUT2D eigenvalue weighted by atomic mass is 10.00. The van der Waals surface area contributed by atoms with E-state index in [2.05, 4.69) is 12.2 Å². The van der Waals surface area contributed by atoms with E-state index in [4.69, 9.17) is 0 Å². The van der Waals surface area contributed by atoms with E-state index in [0.717, 1.165) is 18.4 Å². The highest BCUT2D eigenvalue weighted by atomic mass is 16.3. The van der Waals surface area contributed by atoms with E-state index >= 15 is 0 Å². The lowest BCUT2D eigenvalue weighted by molar-refractivity contribution is -0.123. The number of hydrogen-bond acceptors (Lipinski definition) is 2. The predicted octanol–water partition coefficient (Wildman–Crippen LogP) is 2.66. The van der Waals surface area contributed by atoms with E-state index in [-0.39, 0.29) is 24.5 Å². The summed E-state index contributed by atoms with van der Waals surface area (Å²) in [6, 6.07) is 9.90. The van der Waals surface area contributed by atoms with Gasteiger partial charge in [-0.2, -0.15) is 0 Å². The highest BCUT2D eigenvalue weighted by Gasteiger charge is 2.14. The Bertz CT molecular complexity index is 351.